The van der Waals surface area contributed by atoms with Gasteiger partial charge in [-0.15, -0.1) is 11.3 Å². The highest BCUT2D eigenvalue weighted by Crippen LogP contribution is 2.30. The van der Waals surface area contributed by atoms with E-state index < -0.39 is 0 Å². The van der Waals surface area contributed by atoms with E-state index in [1.165, 1.54) is 11.8 Å². The van der Waals surface area contributed by atoms with E-state index in [0.29, 0.717) is 31.2 Å². The molecule has 0 N–H and O–H groups in total. The lowest BCUT2D eigenvalue weighted by atomic mass is 10.2. The van der Waals surface area contributed by atoms with Crippen LogP contribution in [-0.2, 0) is 11.3 Å². The van der Waals surface area contributed by atoms with Crippen LogP contribution in [0.25, 0.3) is 10.2 Å². The van der Waals surface area contributed by atoms with Gasteiger partial charge in [0.05, 0.1) is 29.7 Å². The van der Waals surface area contributed by atoms with Crippen LogP contribution in [-0.4, -0.2) is 41.8 Å². The quantitative estimate of drug-likeness (QED) is 0.467. The first kappa shape index (κ1) is 20.5. The summed E-state index contributed by atoms with van der Waals surface area (Å²) in [5.41, 5.74) is 2.00. The molecule has 0 saturated heterocycles. The van der Waals surface area contributed by atoms with Crippen molar-refractivity contribution in [3.8, 4) is 11.5 Å². The number of hydrogen-bond acceptors (Lipinski definition) is 6. The fourth-order valence-corrected chi connectivity index (χ4v) is 4.78. The second-order valence-corrected chi connectivity index (χ2v) is 8.32. The van der Waals surface area contributed by atoms with Gasteiger partial charge in [0.2, 0.25) is 5.91 Å². The number of amides is 1. The van der Waals surface area contributed by atoms with Gasteiger partial charge in [0.1, 0.15) is 0 Å². The summed E-state index contributed by atoms with van der Waals surface area (Å²) in [6.07, 6.45) is 0. The van der Waals surface area contributed by atoms with Gasteiger partial charge >= 0.3 is 0 Å². The number of hydrogen-bond donors (Lipinski definition) is 0. The molecule has 0 radical (unpaired) electrons. The highest BCUT2D eigenvalue weighted by Gasteiger charge is 2.15. The van der Waals surface area contributed by atoms with Crippen LogP contribution in [0.5, 0.6) is 11.5 Å². The molecule has 7 heteroatoms. The molecule has 1 amide bonds. The van der Waals surface area contributed by atoms with Gasteiger partial charge in [-0.05, 0) is 43.7 Å². The van der Waals surface area contributed by atoms with Crippen LogP contribution in [0, 0.1) is 0 Å². The highest BCUT2D eigenvalue weighted by atomic mass is 32.2. The van der Waals surface area contributed by atoms with Crippen molar-refractivity contribution in [1.82, 2.24) is 9.88 Å². The summed E-state index contributed by atoms with van der Waals surface area (Å²) in [5, 5.41) is 0. The molecule has 3 rings (SSSR count). The molecular weight excluding hydrogens is 392 g/mol. The van der Waals surface area contributed by atoms with E-state index >= 15 is 0 Å². The van der Waals surface area contributed by atoms with Crippen molar-refractivity contribution in [3.05, 3.63) is 48.0 Å². The Morgan fingerprint density at radius 3 is 2.71 bits per heavy atom. The lowest BCUT2D eigenvalue weighted by Crippen LogP contribution is -2.31. The molecule has 1 aromatic heterocycles. The summed E-state index contributed by atoms with van der Waals surface area (Å²) < 4.78 is 13.0. The van der Waals surface area contributed by atoms with Gasteiger partial charge in [-0.2, -0.15) is 0 Å². The Balaban J connectivity index is 1.63. The molecule has 2 aromatic carbocycles. The van der Waals surface area contributed by atoms with E-state index in [1.54, 1.807) is 18.4 Å². The van der Waals surface area contributed by atoms with Crippen LogP contribution in [0.4, 0.5) is 0 Å². The fourth-order valence-electron chi connectivity index (χ4n) is 2.81. The number of thiazole rings is 1. The van der Waals surface area contributed by atoms with E-state index in [-0.39, 0.29) is 5.91 Å². The average molecular weight is 417 g/mol. The second kappa shape index (κ2) is 9.80. The van der Waals surface area contributed by atoms with Crippen molar-refractivity contribution in [2.24, 2.45) is 0 Å². The predicted molar refractivity (Wildman–Crippen MR) is 116 cm³/mol. The molecule has 0 saturated carbocycles. The Morgan fingerprint density at radius 1 is 1.18 bits per heavy atom. The summed E-state index contributed by atoms with van der Waals surface area (Å²) in [6.45, 7) is 5.70. The standard InChI is InChI=1S/C21H24N2O3S2/c1-4-23(13-15-10-11-17(26-5-2)18(12-15)25-3)20(24)14-27-21-22-16-8-6-7-9-19(16)28-21/h6-12H,4-5,13-14H2,1-3H3. The summed E-state index contributed by atoms with van der Waals surface area (Å²) in [7, 11) is 1.62. The molecule has 0 fully saturated rings. The maximum absolute atomic E-state index is 12.7. The normalized spacial score (nSPS) is 10.8. The van der Waals surface area contributed by atoms with Crippen molar-refractivity contribution in [3.63, 3.8) is 0 Å². The molecule has 5 nitrogen and oxygen atoms in total. The molecule has 148 valence electrons. The Hall–Kier alpha value is -2.25. The maximum Gasteiger partial charge on any atom is 0.233 e. The maximum atomic E-state index is 12.7. The third kappa shape index (κ3) is 4.97. The van der Waals surface area contributed by atoms with Gasteiger partial charge in [-0.3, -0.25) is 4.79 Å². The number of para-hydroxylation sites is 1. The molecule has 0 atom stereocenters. The number of aromatic nitrogens is 1. The van der Waals surface area contributed by atoms with E-state index in [4.69, 9.17) is 9.47 Å². The SMILES string of the molecule is CCOc1ccc(CN(CC)C(=O)CSc2nc3ccccc3s2)cc1OC. The van der Waals surface area contributed by atoms with Gasteiger partial charge in [-0.25, -0.2) is 4.98 Å². The molecule has 0 aliphatic rings. The van der Waals surface area contributed by atoms with E-state index in [9.17, 15) is 4.79 Å². The van der Waals surface area contributed by atoms with Crippen LogP contribution in [0.3, 0.4) is 0 Å². The number of rotatable bonds is 9. The number of benzene rings is 2. The minimum atomic E-state index is 0.0969. The van der Waals surface area contributed by atoms with Gasteiger partial charge in [0.25, 0.3) is 0 Å². The number of ether oxygens (including phenoxy) is 2. The number of fused-ring (bicyclic) bond motifs is 1. The number of carbonyl (C=O) groups is 1. The Labute approximate surface area is 173 Å². The summed E-state index contributed by atoms with van der Waals surface area (Å²) in [5.74, 6) is 1.88. The number of methoxy groups -OCH3 is 1. The fraction of sp³-hybridized carbons (Fsp3) is 0.333. The average Bonchev–Trinajstić information content (AvgIpc) is 3.14. The first-order valence-electron chi connectivity index (χ1n) is 9.20. The van der Waals surface area contributed by atoms with Gasteiger partial charge in [0, 0.05) is 13.1 Å². The van der Waals surface area contributed by atoms with Crippen molar-refractivity contribution in [1.29, 1.82) is 0 Å². The highest BCUT2D eigenvalue weighted by molar-refractivity contribution is 8.01. The van der Waals surface area contributed by atoms with Gasteiger partial charge in [-0.1, -0.05) is 30.0 Å². The van der Waals surface area contributed by atoms with Crippen molar-refractivity contribution >= 4 is 39.2 Å². The third-order valence-electron chi connectivity index (χ3n) is 4.23. The Morgan fingerprint density at radius 2 is 2.00 bits per heavy atom. The Kier molecular flexibility index (Phi) is 7.17. The molecular formula is C21H24N2O3S2. The van der Waals surface area contributed by atoms with Crippen molar-refractivity contribution < 1.29 is 14.3 Å². The van der Waals surface area contributed by atoms with Gasteiger partial charge < -0.3 is 14.4 Å². The van der Waals surface area contributed by atoms with Gasteiger partial charge in [0.15, 0.2) is 15.8 Å². The topological polar surface area (TPSA) is 51.7 Å². The van der Waals surface area contributed by atoms with E-state index in [1.807, 2.05) is 55.1 Å². The van der Waals surface area contributed by atoms with E-state index in [2.05, 4.69) is 11.1 Å². The zero-order valence-electron chi connectivity index (χ0n) is 16.3. The molecule has 1 heterocycles. The van der Waals surface area contributed by atoms with Crippen LogP contribution in [0.2, 0.25) is 0 Å². The zero-order valence-corrected chi connectivity index (χ0v) is 17.9. The molecule has 3 aromatic rings. The summed E-state index contributed by atoms with van der Waals surface area (Å²) >= 11 is 3.12. The zero-order chi connectivity index (χ0) is 19.9. The Bertz CT molecular complexity index is 909. The minimum absolute atomic E-state index is 0.0969. The van der Waals surface area contributed by atoms with Crippen LogP contribution >= 0.6 is 23.1 Å². The number of thioether (sulfide) groups is 1. The molecule has 0 spiro atoms. The largest absolute Gasteiger partial charge is 0.493 e. The first-order chi connectivity index (χ1) is 13.6. The second-order valence-electron chi connectivity index (χ2n) is 6.06. The molecule has 0 aliphatic carbocycles. The monoisotopic (exact) mass is 416 g/mol. The first-order valence-corrected chi connectivity index (χ1v) is 11.0. The lowest BCUT2D eigenvalue weighted by molar-refractivity contribution is -0.128. The van der Waals surface area contributed by atoms with Crippen molar-refractivity contribution in [2.75, 3.05) is 26.0 Å². The molecule has 28 heavy (non-hydrogen) atoms. The molecule has 0 unspecified atom stereocenters. The predicted octanol–water partition coefficient (Wildman–Crippen LogP) is 4.84. The summed E-state index contributed by atoms with van der Waals surface area (Å²) in [4.78, 5) is 19.1. The summed E-state index contributed by atoms with van der Waals surface area (Å²) in [6, 6.07) is 13.8. The molecule has 0 aliphatic heterocycles. The lowest BCUT2D eigenvalue weighted by Gasteiger charge is -2.21. The van der Waals surface area contributed by atoms with Crippen LogP contribution in [0.15, 0.2) is 46.8 Å². The minimum Gasteiger partial charge on any atom is -0.493 e. The smallest absolute Gasteiger partial charge is 0.233 e. The van der Waals surface area contributed by atoms with Crippen LogP contribution < -0.4 is 9.47 Å². The van der Waals surface area contributed by atoms with Crippen molar-refractivity contribution in [2.45, 2.75) is 24.7 Å². The number of carbonyl (C=O) groups excluding carboxylic acids is 1. The van der Waals surface area contributed by atoms with Crippen LogP contribution in [0.1, 0.15) is 19.4 Å². The third-order valence-corrected chi connectivity index (χ3v) is 6.39. The molecule has 0 bridgehead atoms. The van der Waals surface area contributed by atoms with E-state index in [0.717, 1.165) is 25.9 Å². The number of nitrogens with zero attached hydrogens (tertiary/aromatic N) is 2.